The fraction of sp³-hybridized carbons (Fsp3) is 0.222. The van der Waals surface area contributed by atoms with E-state index in [1.807, 2.05) is 18.2 Å². The molecule has 25 heavy (non-hydrogen) atoms. The second kappa shape index (κ2) is 7.76. The van der Waals surface area contributed by atoms with Crippen molar-refractivity contribution in [1.82, 2.24) is 9.80 Å². The number of nitrogens with one attached hydrogen (secondary N) is 1. The number of hydrogen-bond acceptors (Lipinski definition) is 2. The fourth-order valence-corrected chi connectivity index (χ4v) is 3.23. The maximum Gasteiger partial charge on any atom is 0.321 e. The number of rotatable bonds is 2. The van der Waals surface area contributed by atoms with Gasteiger partial charge in [0.1, 0.15) is 0 Å². The van der Waals surface area contributed by atoms with Crippen molar-refractivity contribution < 1.29 is 9.59 Å². The molecule has 3 rings (SSSR count). The SMILES string of the molecule is O=C(Nc1cc(Cl)cc(Cl)c1)N1CCN(C(=O)c2ccccc2)CC1. The number of benzene rings is 2. The molecule has 0 unspecified atom stereocenters. The van der Waals surface area contributed by atoms with Crippen molar-refractivity contribution >= 4 is 40.8 Å². The minimum Gasteiger partial charge on any atom is -0.335 e. The van der Waals surface area contributed by atoms with Crippen LogP contribution in [0, 0.1) is 0 Å². The van der Waals surface area contributed by atoms with Gasteiger partial charge in [-0.2, -0.15) is 0 Å². The van der Waals surface area contributed by atoms with Crippen LogP contribution in [0.2, 0.25) is 10.0 Å². The lowest BCUT2D eigenvalue weighted by atomic mass is 10.2. The van der Waals surface area contributed by atoms with E-state index in [-0.39, 0.29) is 11.9 Å². The Kier molecular flexibility index (Phi) is 5.46. The highest BCUT2D eigenvalue weighted by atomic mass is 35.5. The molecule has 2 aromatic rings. The van der Waals surface area contributed by atoms with Crippen LogP contribution < -0.4 is 5.32 Å². The molecule has 130 valence electrons. The van der Waals surface area contributed by atoms with Gasteiger partial charge in [0.2, 0.25) is 0 Å². The van der Waals surface area contributed by atoms with Gasteiger partial charge in [0.05, 0.1) is 0 Å². The Labute approximate surface area is 156 Å². The Morgan fingerprint density at radius 3 is 2.00 bits per heavy atom. The van der Waals surface area contributed by atoms with Gasteiger partial charge in [0, 0.05) is 47.5 Å². The minimum absolute atomic E-state index is 0.0118. The van der Waals surface area contributed by atoms with Crippen LogP contribution in [0.5, 0.6) is 0 Å². The number of carbonyl (C=O) groups is 2. The third-order valence-corrected chi connectivity index (χ3v) is 4.43. The molecule has 1 aliphatic rings. The number of carbonyl (C=O) groups excluding carboxylic acids is 2. The van der Waals surface area contributed by atoms with E-state index in [2.05, 4.69) is 5.32 Å². The average molecular weight is 378 g/mol. The average Bonchev–Trinajstić information content (AvgIpc) is 2.61. The lowest BCUT2D eigenvalue weighted by Crippen LogP contribution is -2.51. The molecule has 1 heterocycles. The largest absolute Gasteiger partial charge is 0.335 e. The van der Waals surface area contributed by atoms with Crippen LogP contribution in [0.1, 0.15) is 10.4 Å². The van der Waals surface area contributed by atoms with Gasteiger partial charge in [-0.15, -0.1) is 0 Å². The first-order valence-electron chi connectivity index (χ1n) is 7.89. The molecule has 1 fully saturated rings. The lowest BCUT2D eigenvalue weighted by molar-refractivity contribution is 0.0671. The molecular weight excluding hydrogens is 361 g/mol. The highest BCUT2D eigenvalue weighted by molar-refractivity contribution is 6.35. The van der Waals surface area contributed by atoms with Crippen molar-refractivity contribution in [3.8, 4) is 0 Å². The van der Waals surface area contributed by atoms with E-state index < -0.39 is 0 Å². The van der Waals surface area contributed by atoms with E-state index in [1.165, 1.54) is 0 Å². The molecule has 1 N–H and O–H groups in total. The van der Waals surface area contributed by atoms with Crippen LogP contribution >= 0.6 is 23.2 Å². The van der Waals surface area contributed by atoms with Gasteiger partial charge in [-0.05, 0) is 30.3 Å². The molecule has 0 spiro atoms. The van der Waals surface area contributed by atoms with E-state index >= 15 is 0 Å². The topological polar surface area (TPSA) is 52.7 Å². The Balaban J connectivity index is 1.56. The number of amides is 3. The zero-order chi connectivity index (χ0) is 17.8. The summed E-state index contributed by atoms with van der Waals surface area (Å²) in [5.41, 5.74) is 1.21. The summed E-state index contributed by atoms with van der Waals surface area (Å²) >= 11 is 11.9. The smallest absolute Gasteiger partial charge is 0.321 e. The molecule has 7 heteroatoms. The number of nitrogens with zero attached hydrogens (tertiary/aromatic N) is 2. The summed E-state index contributed by atoms with van der Waals surface area (Å²) in [5.74, 6) is -0.0118. The third-order valence-electron chi connectivity index (χ3n) is 3.99. The molecule has 0 atom stereocenters. The molecule has 0 saturated carbocycles. The quantitative estimate of drug-likeness (QED) is 0.860. The number of urea groups is 1. The van der Waals surface area contributed by atoms with Gasteiger partial charge in [0.15, 0.2) is 0 Å². The van der Waals surface area contributed by atoms with Crippen molar-refractivity contribution in [3.63, 3.8) is 0 Å². The monoisotopic (exact) mass is 377 g/mol. The Morgan fingerprint density at radius 1 is 0.840 bits per heavy atom. The molecule has 0 bridgehead atoms. The number of piperazine rings is 1. The second-order valence-electron chi connectivity index (χ2n) is 5.73. The zero-order valence-corrected chi connectivity index (χ0v) is 14.9. The normalized spacial score (nSPS) is 14.3. The maximum absolute atomic E-state index is 12.4. The highest BCUT2D eigenvalue weighted by Crippen LogP contribution is 2.22. The predicted molar refractivity (Wildman–Crippen MR) is 99.4 cm³/mol. The van der Waals surface area contributed by atoms with Crippen molar-refractivity contribution in [2.24, 2.45) is 0 Å². The molecule has 5 nitrogen and oxygen atoms in total. The summed E-state index contributed by atoms with van der Waals surface area (Å²) in [4.78, 5) is 28.2. The van der Waals surface area contributed by atoms with Crippen molar-refractivity contribution in [3.05, 3.63) is 64.1 Å². The summed E-state index contributed by atoms with van der Waals surface area (Å²) in [7, 11) is 0. The van der Waals surface area contributed by atoms with E-state index in [0.29, 0.717) is 47.5 Å². The predicted octanol–water partition coefficient (Wildman–Crippen LogP) is 3.98. The third kappa shape index (κ3) is 4.44. The molecule has 0 radical (unpaired) electrons. The first-order chi connectivity index (χ1) is 12.0. The first kappa shape index (κ1) is 17.6. The highest BCUT2D eigenvalue weighted by Gasteiger charge is 2.24. The zero-order valence-electron chi connectivity index (χ0n) is 13.4. The van der Waals surface area contributed by atoms with Crippen LogP contribution in [0.15, 0.2) is 48.5 Å². The second-order valence-corrected chi connectivity index (χ2v) is 6.61. The number of anilines is 1. The van der Waals surface area contributed by atoms with Crippen LogP contribution in [0.4, 0.5) is 10.5 Å². The van der Waals surface area contributed by atoms with Gasteiger partial charge in [-0.25, -0.2) is 4.79 Å². The van der Waals surface area contributed by atoms with Crippen LogP contribution in [0.3, 0.4) is 0 Å². The number of halogens is 2. The van der Waals surface area contributed by atoms with Gasteiger partial charge in [-0.1, -0.05) is 41.4 Å². The summed E-state index contributed by atoms with van der Waals surface area (Å²) in [5, 5.41) is 3.70. The van der Waals surface area contributed by atoms with Crippen molar-refractivity contribution in [2.75, 3.05) is 31.5 Å². The minimum atomic E-state index is -0.231. The lowest BCUT2D eigenvalue weighted by Gasteiger charge is -2.34. The van der Waals surface area contributed by atoms with Crippen molar-refractivity contribution in [2.45, 2.75) is 0 Å². The summed E-state index contributed by atoms with van der Waals surface area (Å²) < 4.78 is 0. The molecule has 2 aromatic carbocycles. The van der Waals surface area contributed by atoms with Gasteiger partial charge < -0.3 is 15.1 Å². The van der Waals surface area contributed by atoms with E-state index in [1.54, 1.807) is 40.1 Å². The first-order valence-corrected chi connectivity index (χ1v) is 8.65. The summed E-state index contributed by atoms with van der Waals surface area (Å²) in [6, 6.07) is 13.8. The standard InChI is InChI=1S/C18H17Cl2N3O2/c19-14-10-15(20)12-16(11-14)21-18(25)23-8-6-22(7-9-23)17(24)13-4-2-1-3-5-13/h1-5,10-12H,6-9H2,(H,21,25). The molecule has 0 aliphatic carbocycles. The number of hydrogen-bond donors (Lipinski definition) is 1. The molecular formula is C18H17Cl2N3O2. The van der Waals surface area contributed by atoms with Crippen LogP contribution in [-0.2, 0) is 0 Å². The molecule has 0 aromatic heterocycles. The van der Waals surface area contributed by atoms with E-state index in [4.69, 9.17) is 23.2 Å². The van der Waals surface area contributed by atoms with Crippen LogP contribution in [0.25, 0.3) is 0 Å². The van der Waals surface area contributed by atoms with Crippen molar-refractivity contribution in [1.29, 1.82) is 0 Å². The van der Waals surface area contributed by atoms with E-state index in [9.17, 15) is 9.59 Å². The van der Waals surface area contributed by atoms with Gasteiger partial charge in [-0.3, -0.25) is 4.79 Å². The maximum atomic E-state index is 12.4. The Morgan fingerprint density at radius 2 is 1.40 bits per heavy atom. The van der Waals surface area contributed by atoms with Gasteiger partial charge >= 0.3 is 6.03 Å². The summed E-state index contributed by atoms with van der Waals surface area (Å²) in [6.45, 7) is 1.94. The summed E-state index contributed by atoms with van der Waals surface area (Å²) in [6.07, 6.45) is 0. The molecule has 1 saturated heterocycles. The Bertz CT molecular complexity index is 755. The molecule has 3 amide bonds. The van der Waals surface area contributed by atoms with Gasteiger partial charge in [0.25, 0.3) is 5.91 Å². The van der Waals surface area contributed by atoms with Crippen LogP contribution in [-0.4, -0.2) is 47.9 Å². The fourth-order valence-electron chi connectivity index (χ4n) is 2.70. The molecule has 1 aliphatic heterocycles. The van der Waals surface area contributed by atoms with E-state index in [0.717, 1.165) is 0 Å². The Hall–Kier alpha value is -2.24.